The molecule has 24 heavy (non-hydrogen) atoms. The molecule has 1 unspecified atom stereocenters. The standard InChI is InChI=1S/C21H24N2O/c24-21-22-20(17-9-5-2-6-10-17)15-19-14-13-18(23(19)21)12-11-16-7-3-1-4-8-16/h1-10,18-20H,11-15H2,(H,22,24)/t18-,19+,20?/m0/s1. The number of urea groups is 1. The molecule has 3 heteroatoms. The van der Waals surface area contributed by atoms with Gasteiger partial charge in [-0.3, -0.25) is 0 Å². The van der Waals surface area contributed by atoms with Crippen molar-refractivity contribution in [1.29, 1.82) is 0 Å². The molecule has 2 saturated heterocycles. The Labute approximate surface area is 143 Å². The highest BCUT2D eigenvalue weighted by Gasteiger charge is 2.41. The van der Waals surface area contributed by atoms with Crippen LogP contribution in [0, 0.1) is 0 Å². The van der Waals surface area contributed by atoms with Crippen molar-refractivity contribution in [2.24, 2.45) is 0 Å². The summed E-state index contributed by atoms with van der Waals surface area (Å²) in [7, 11) is 0. The van der Waals surface area contributed by atoms with Gasteiger partial charge in [-0.25, -0.2) is 4.79 Å². The third-order valence-corrected chi connectivity index (χ3v) is 5.47. The normalized spacial score (nSPS) is 26.1. The molecule has 0 saturated carbocycles. The molecule has 0 aliphatic carbocycles. The van der Waals surface area contributed by atoms with Gasteiger partial charge in [0.05, 0.1) is 6.04 Å². The molecule has 2 aliphatic rings. The number of nitrogens with one attached hydrogen (secondary N) is 1. The number of benzene rings is 2. The number of amides is 2. The first-order valence-electron chi connectivity index (χ1n) is 8.99. The van der Waals surface area contributed by atoms with Gasteiger partial charge < -0.3 is 10.2 Å². The van der Waals surface area contributed by atoms with Crippen LogP contribution in [-0.4, -0.2) is 23.0 Å². The van der Waals surface area contributed by atoms with Gasteiger partial charge in [-0.2, -0.15) is 0 Å². The topological polar surface area (TPSA) is 32.3 Å². The second-order valence-electron chi connectivity index (χ2n) is 6.97. The van der Waals surface area contributed by atoms with E-state index in [0.29, 0.717) is 12.1 Å². The van der Waals surface area contributed by atoms with Gasteiger partial charge in [-0.15, -0.1) is 0 Å². The lowest BCUT2D eigenvalue weighted by atomic mass is 9.96. The van der Waals surface area contributed by atoms with Gasteiger partial charge in [0.2, 0.25) is 0 Å². The second kappa shape index (κ2) is 6.68. The Morgan fingerprint density at radius 1 is 0.958 bits per heavy atom. The Hall–Kier alpha value is -2.29. The Morgan fingerprint density at radius 2 is 1.67 bits per heavy atom. The number of carbonyl (C=O) groups is 1. The number of aryl methyl sites for hydroxylation is 1. The van der Waals surface area contributed by atoms with E-state index in [0.717, 1.165) is 32.1 Å². The number of hydrogen-bond donors (Lipinski definition) is 1. The van der Waals surface area contributed by atoms with Crippen molar-refractivity contribution in [3.8, 4) is 0 Å². The molecule has 0 bridgehead atoms. The highest BCUT2D eigenvalue weighted by Crippen LogP contribution is 2.36. The zero-order valence-corrected chi connectivity index (χ0v) is 13.9. The van der Waals surface area contributed by atoms with Crippen LogP contribution in [0.5, 0.6) is 0 Å². The number of hydrogen-bond acceptors (Lipinski definition) is 1. The molecule has 2 amide bonds. The SMILES string of the molecule is O=C1NC(c2ccccc2)C[C@H]2CC[C@H](CCc3ccccc3)N12. The summed E-state index contributed by atoms with van der Waals surface area (Å²) in [6.45, 7) is 0. The molecular weight excluding hydrogens is 296 g/mol. The third-order valence-electron chi connectivity index (χ3n) is 5.47. The second-order valence-corrected chi connectivity index (χ2v) is 6.97. The highest BCUT2D eigenvalue weighted by molar-refractivity contribution is 5.77. The number of nitrogens with zero attached hydrogens (tertiary/aromatic N) is 1. The lowest BCUT2D eigenvalue weighted by molar-refractivity contribution is 0.137. The van der Waals surface area contributed by atoms with E-state index in [1.165, 1.54) is 11.1 Å². The molecule has 1 N–H and O–H groups in total. The van der Waals surface area contributed by atoms with Gasteiger partial charge >= 0.3 is 6.03 Å². The lowest BCUT2D eigenvalue weighted by Crippen LogP contribution is -2.53. The van der Waals surface area contributed by atoms with Crippen LogP contribution in [0.15, 0.2) is 60.7 Å². The van der Waals surface area contributed by atoms with Gasteiger partial charge in [0.1, 0.15) is 0 Å². The van der Waals surface area contributed by atoms with Crippen LogP contribution >= 0.6 is 0 Å². The lowest BCUT2D eigenvalue weighted by Gasteiger charge is -2.39. The van der Waals surface area contributed by atoms with Crippen LogP contribution < -0.4 is 5.32 Å². The van der Waals surface area contributed by atoms with Crippen LogP contribution in [0.3, 0.4) is 0 Å². The molecule has 0 aromatic heterocycles. The maximum absolute atomic E-state index is 12.7. The number of fused-ring (bicyclic) bond motifs is 1. The van der Waals surface area contributed by atoms with E-state index in [-0.39, 0.29) is 12.1 Å². The third kappa shape index (κ3) is 3.03. The average molecular weight is 320 g/mol. The average Bonchev–Trinajstić information content (AvgIpc) is 3.05. The van der Waals surface area contributed by atoms with Crippen molar-refractivity contribution in [1.82, 2.24) is 10.2 Å². The first-order valence-corrected chi connectivity index (χ1v) is 8.99. The molecule has 0 radical (unpaired) electrons. The Morgan fingerprint density at radius 3 is 2.42 bits per heavy atom. The molecule has 124 valence electrons. The smallest absolute Gasteiger partial charge is 0.318 e. The largest absolute Gasteiger partial charge is 0.331 e. The fraction of sp³-hybridized carbons (Fsp3) is 0.381. The predicted molar refractivity (Wildman–Crippen MR) is 95.7 cm³/mol. The van der Waals surface area contributed by atoms with Gasteiger partial charge in [-0.1, -0.05) is 60.7 Å². The summed E-state index contributed by atoms with van der Waals surface area (Å²) in [4.78, 5) is 14.8. The maximum Gasteiger partial charge on any atom is 0.318 e. The molecule has 3 atom stereocenters. The van der Waals surface area contributed by atoms with E-state index in [2.05, 4.69) is 52.7 Å². The summed E-state index contributed by atoms with van der Waals surface area (Å²) in [6.07, 6.45) is 5.40. The molecule has 2 aromatic carbocycles. The van der Waals surface area contributed by atoms with E-state index < -0.39 is 0 Å². The molecule has 2 aromatic rings. The van der Waals surface area contributed by atoms with E-state index in [4.69, 9.17) is 0 Å². The van der Waals surface area contributed by atoms with Crippen LogP contribution in [-0.2, 0) is 6.42 Å². The molecule has 2 heterocycles. The highest BCUT2D eigenvalue weighted by atomic mass is 16.2. The summed E-state index contributed by atoms with van der Waals surface area (Å²) < 4.78 is 0. The van der Waals surface area contributed by atoms with Crippen LogP contribution in [0.1, 0.15) is 42.9 Å². The van der Waals surface area contributed by atoms with Gasteiger partial charge in [0.25, 0.3) is 0 Å². The molecule has 4 rings (SSSR count). The van der Waals surface area contributed by atoms with Crippen LogP contribution in [0.4, 0.5) is 4.79 Å². The summed E-state index contributed by atoms with van der Waals surface area (Å²) >= 11 is 0. The van der Waals surface area contributed by atoms with Crippen LogP contribution in [0.25, 0.3) is 0 Å². The van der Waals surface area contributed by atoms with Gasteiger partial charge in [0.15, 0.2) is 0 Å². The maximum atomic E-state index is 12.7. The van der Waals surface area contributed by atoms with Crippen molar-refractivity contribution in [3.05, 3.63) is 71.8 Å². The predicted octanol–water partition coefficient (Wildman–Crippen LogP) is 4.31. The van der Waals surface area contributed by atoms with E-state index >= 15 is 0 Å². The van der Waals surface area contributed by atoms with Gasteiger partial charge in [0, 0.05) is 12.1 Å². The summed E-state index contributed by atoms with van der Waals surface area (Å²) in [6, 6.07) is 22.0. The Balaban J connectivity index is 1.41. The Bertz CT molecular complexity index is 679. The Kier molecular flexibility index (Phi) is 4.24. The van der Waals surface area contributed by atoms with Crippen molar-refractivity contribution in [3.63, 3.8) is 0 Å². The minimum Gasteiger partial charge on any atom is -0.331 e. The quantitative estimate of drug-likeness (QED) is 0.894. The fourth-order valence-corrected chi connectivity index (χ4v) is 4.24. The summed E-state index contributed by atoms with van der Waals surface area (Å²) in [5, 5.41) is 3.22. The van der Waals surface area contributed by atoms with Crippen molar-refractivity contribution < 1.29 is 4.79 Å². The molecule has 2 aliphatic heterocycles. The van der Waals surface area contributed by atoms with E-state index in [9.17, 15) is 4.79 Å². The van der Waals surface area contributed by atoms with Crippen molar-refractivity contribution in [2.45, 2.75) is 50.2 Å². The number of rotatable bonds is 4. The first kappa shape index (κ1) is 15.3. The van der Waals surface area contributed by atoms with Gasteiger partial charge in [-0.05, 0) is 43.2 Å². The van der Waals surface area contributed by atoms with Crippen LogP contribution in [0.2, 0.25) is 0 Å². The fourth-order valence-electron chi connectivity index (χ4n) is 4.24. The molecule has 0 spiro atoms. The minimum atomic E-state index is 0.121. The molecule has 2 fully saturated rings. The van der Waals surface area contributed by atoms with Crippen molar-refractivity contribution >= 4 is 6.03 Å². The summed E-state index contributed by atoms with van der Waals surface area (Å²) in [5.41, 5.74) is 2.58. The zero-order valence-electron chi connectivity index (χ0n) is 13.9. The van der Waals surface area contributed by atoms with E-state index in [1.54, 1.807) is 0 Å². The first-order chi connectivity index (χ1) is 11.8. The molecular formula is C21H24N2O. The minimum absolute atomic E-state index is 0.121. The van der Waals surface area contributed by atoms with Crippen molar-refractivity contribution in [2.75, 3.05) is 0 Å². The van der Waals surface area contributed by atoms with E-state index in [1.807, 2.05) is 18.2 Å². The monoisotopic (exact) mass is 320 g/mol. The number of carbonyl (C=O) groups excluding carboxylic acids is 1. The summed E-state index contributed by atoms with van der Waals surface area (Å²) in [5.74, 6) is 0. The zero-order chi connectivity index (χ0) is 16.4. The molecule has 3 nitrogen and oxygen atoms in total.